The number of nitrogens with zero attached hydrogens (tertiary/aromatic N) is 2. The molecule has 0 aliphatic carbocycles. The van der Waals surface area contributed by atoms with Crippen molar-refractivity contribution in [2.24, 2.45) is 5.73 Å². The molecule has 1 amide bonds. The second-order valence-corrected chi connectivity index (χ2v) is 5.95. The molecule has 0 aliphatic rings. The van der Waals surface area contributed by atoms with Gasteiger partial charge >= 0.3 is 0 Å². The molecular formula is C22H17N3O. The molecule has 0 bridgehead atoms. The van der Waals surface area contributed by atoms with Crippen molar-refractivity contribution in [3.8, 4) is 22.4 Å². The number of aromatic nitrogens is 2. The monoisotopic (exact) mass is 339 g/mol. The van der Waals surface area contributed by atoms with Gasteiger partial charge in [-0.2, -0.15) is 0 Å². The molecule has 4 rings (SSSR count). The summed E-state index contributed by atoms with van der Waals surface area (Å²) < 4.78 is 1.94. The van der Waals surface area contributed by atoms with Crippen molar-refractivity contribution >= 4 is 17.6 Å². The summed E-state index contributed by atoms with van der Waals surface area (Å²) in [7, 11) is 0. The third kappa shape index (κ3) is 3.00. The van der Waals surface area contributed by atoms with E-state index in [0.29, 0.717) is 0 Å². The van der Waals surface area contributed by atoms with Crippen LogP contribution in [-0.4, -0.2) is 15.3 Å². The van der Waals surface area contributed by atoms with Gasteiger partial charge in [-0.25, -0.2) is 4.98 Å². The van der Waals surface area contributed by atoms with Gasteiger partial charge in [0.1, 0.15) is 5.65 Å². The van der Waals surface area contributed by atoms with Crippen LogP contribution in [-0.2, 0) is 4.79 Å². The van der Waals surface area contributed by atoms with Gasteiger partial charge in [-0.3, -0.25) is 9.20 Å². The van der Waals surface area contributed by atoms with Crippen LogP contribution in [0.2, 0.25) is 0 Å². The number of primary amides is 1. The Bertz CT molecular complexity index is 1090. The average molecular weight is 339 g/mol. The van der Waals surface area contributed by atoms with Crippen molar-refractivity contribution < 1.29 is 4.79 Å². The van der Waals surface area contributed by atoms with E-state index in [9.17, 15) is 4.79 Å². The maximum Gasteiger partial charge on any atom is 0.241 e. The number of benzene rings is 2. The van der Waals surface area contributed by atoms with Crippen LogP contribution in [0.5, 0.6) is 0 Å². The van der Waals surface area contributed by atoms with E-state index in [1.54, 1.807) is 6.08 Å². The minimum absolute atomic E-state index is 0.485. The first-order valence-electron chi connectivity index (χ1n) is 8.33. The number of imidazole rings is 1. The second kappa shape index (κ2) is 6.69. The number of carbonyl (C=O) groups excluding carboxylic acids is 1. The zero-order valence-corrected chi connectivity index (χ0v) is 14.0. The lowest BCUT2D eigenvalue weighted by Crippen LogP contribution is -2.05. The Labute approximate surface area is 151 Å². The third-order valence-electron chi connectivity index (χ3n) is 4.24. The fourth-order valence-electron chi connectivity index (χ4n) is 3.00. The molecule has 0 radical (unpaired) electrons. The summed E-state index contributed by atoms with van der Waals surface area (Å²) in [6, 6.07) is 24.3. The maximum atomic E-state index is 11.2. The quantitative estimate of drug-likeness (QED) is 0.567. The molecule has 0 aliphatic heterocycles. The van der Waals surface area contributed by atoms with E-state index in [-0.39, 0.29) is 0 Å². The Kier molecular flexibility index (Phi) is 4.07. The van der Waals surface area contributed by atoms with E-state index in [4.69, 9.17) is 10.7 Å². The van der Waals surface area contributed by atoms with Gasteiger partial charge in [0.25, 0.3) is 0 Å². The number of rotatable bonds is 4. The average Bonchev–Trinajstić information content (AvgIpc) is 3.06. The van der Waals surface area contributed by atoms with E-state index in [1.807, 2.05) is 59.1 Å². The van der Waals surface area contributed by atoms with Crippen LogP contribution in [0.15, 0.2) is 85.1 Å². The molecule has 26 heavy (non-hydrogen) atoms. The highest BCUT2D eigenvalue weighted by Crippen LogP contribution is 2.28. The van der Waals surface area contributed by atoms with Crippen LogP contribution >= 0.6 is 0 Å². The van der Waals surface area contributed by atoms with Crippen LogP contribution in [0.25, 0.3) is 34.1 Å². The molecule has 0 saturated heterocycles. The molecule has 0 unspecified atom stereocenters. The number of fused-ring (bicyclic) bond motifs is 1. The Hall–Kier alpha value is -3.66. The van der Waals surface area contributed by atoms with E-state index >= 15 is 0 Å². The largest absolute Gasteiger partial charge is 0.366 e. The Balaban J connectivity index is 1.81. The smallest absolute Gasteiger partial charge is 0.241 e. The highest BCUT2D eigenvalue weighted by atomic mass is 16.1. The maximum absolute atomic E-state index is 11.2. The molecule has 2 aromatic carbocycles. The molecule has 4 aromatic rings. The summed E-state index contributed by atoms with van der Waals surface area (Å²) in [6.07, 6.45) is 4.99. The first-order chi connectivity index (χ1) is 12.7. The van der Waals surface area contributed by atoms with E-state index in [1.165, 1.54) is 11.6 Å². The van der Waals surface area contributed by atoms with Gasteiger partial charge in [0.05, 0.1) is 11.4 Å². The molecular weight excluding hydrogens is 322 g/mol. The minimum Gasteiger partial charge on any atom is -0.366 e. The van der Waals surface area contributed by atoms with Gasteiger partial charge in [0.2, 0.25) is 5.91 Å². The van der Waals surface area contributed by atoms with Crippen LogP contribution in [0.3, 0.4) is 0 Å². The standard InChI is InChI=1S/C22H17N3O/c23-20(26)14-13-19-22(24-21-8-4-5-15-25(19)21)18-11-9-17(10-12-18)16-6-2-1-3-7-16/h1-15H,(H2,23,26)/b14-13-. The molecule has 0 spiro atoms. The second-order valence-electron chi connectivity index (χ2n) is 5.95. The van der Waals surface area contributed by atoms with Crippen LogP contribution < -0.4 is 5.73 Å². The van der Waals surface area contributed by atoms with Crippen LogP contribution in [0, 0.1) is 0 Å². The van der Waals surface area contributed by atoms with E-state index in [0.717, 1.165) is 28.2 Å². The summed E-state index contributed by atoms with van der Waals surface area (Å²) in [5.41, 5.74) is 11.0. The fourth-order valence-corrected chi connectivity index (χ4v) is 3.00. The number of pyridine rings is 1. The number of carbonyl (C=O) groups is 1. The van der Waals surface area contributed by atoms with Gasteiger partial charge in [-0.15, -0.1) is 0 Å². The SMILES string of the molecule is NC(=O)/C=C\c1c(-c2ccc(-c3ccccc3)cc2)nc2ccccn12. The van der Waals surface area contributed by atoms with Crippen LogP contribution in [0.1, 0.15) is 5.69 Å². The lowest BCUT2D eigenvalue weighted by atomic mass is 10.0. The van der Waals surface area contributed by atoms with Gasteiger partial charge in [0, 0.05) is 17.8 Å². The molecule has 4 nitrogen and oxygen atoms in total. The van der Waals surface area contributed by atoms with Crippen molar-refractivity contribution in [2.75, 3.05) is 0 Å². The molecule has 4 heteroatoms. The summed E-state index contributed by atoms with van der Waals surface area (Å²) in [5.74, 6) is -0.485. The van der Waals surface area contributed by atoms with E-state index in [2.05, 4.69) is 24.3 Å². The van der Waals surface area contributed by atoms with Crippen molar-refractivity contribution in [3.63, 3.8) is 0 Å². The number of hydrogen-bond acceptors (Lipinski definition) is 2. The zero-order valence-electron chi connectivity index (χ0n) is 14.0. The normalized spacial score (nSPS) is 11.2. The first kappa shape index (κ1) is 15.8. The molecule has 0 fully saturated rings. The fraction of sp³-hybridized carbons (Fsp3) is 0. The Morgan fingerprint density at radius 3 is 2.23 bits per heavy atom. The van der Waals surface area contributed by atoms with Gasteiger partial charge in [-0.1, -0.05) is 60.7 Å². The first-order valence-corrected chi connectivity index (χ1v) is 8.33. The Morgan fingerprint density at radius 2 is 1.50 bits per heavy atom. The number of amides is 1. The summed E-state index contributed by atoms with van der Waals surface area (Å²) in [5, 5.41) is 0. The number of nitrogens with two attached hydrogens (primary N) is 1. The topological polar surface area (TPSA) is 60.4 Å². The minimum atomic E-state index is -0.485. The summed E-state index contributed by atoms with van der Waals surface area (Å²) in [4.78, 5) is 15.9. The lowest BCUT2D eigenvalue weighted by Gasteiger charge is -2.04. The highest BCUT2D eigenvalue weighted by Gasteiger charge is 2.12. The third-order valence-corrected chi connectivity index (χ3v) is 4.24. The molecule has 2 aromatic heterocycles. The summed E-state index contributed by atoms with van der Waals surface area (Å²) >= 11 is 0. The van der Waals surface area contributed by atoms with Gasteiger partial charge in [-0.05, 0) is 29.3 Å². The molecule has 2 heterocycles. The van der Waals surface area contributed by atoms with Crippen molar-refractivity contribution in [3.05, 3.63) is 90.8 Å². The van der Waals surface area contributed by atoms with Crippen molar-refractivity contribution in [1.29, 1.82) is 0 Å². The van der Waals surface area contributed by atoms with Gasteiger partial charge < -0.3 is 5.73 Å². The predicted molar refractivity (Wildman–Crippen MR) is 104 cm³/mol. The lowest BCUT2D eigenvalue weighted by molar-refractivity contribution is -0.113. The van der Waals surface area contributed by atoms with Crippen molar-refractivity contribution in [1.82, 2.24) is 9.38 Å². The molecule has 0 atom stereocenters. The number of hydrogen-bond donors (Lipinski definition) is 1. The summed E-state index contributed by atoms with van der Waals surface area (Å²) in [6.45, 7) is 0. The van der Waals surface area contributed by atoms with Gasteiger partial charge in [0.15, 0.2) is 0 Å². The van der Waals surface area contributed by atoms with E-state index < -0.39 is 5.91 Å². The molecule has 0 saturated carbocycles. The Morgan fingerprint density at radius 1 is 0.846 bits per heavy atom. The highest BCUT2D eigenvalue weighted by molar-refractivity contribution is 5.91. The van der Waals surface area contributed by atoms with Crippen LogP contribution in [0.4, 0.5) is 0 Å². The molecule has 2 N–H and O–H groups in total. The predicted octanol–water partition coefficient (Wildman–Crippen LogP) is 4.17. The van der Waals surface area contributed by atoms with Crippen molar-refractivity contribution in [2.45, 2.75) is 0 Å². The zero-order chi connectivity index (χ0) is 17.9. The molecule has 126 valence electrons.